The maximum absolute atomic E-state index is 11.6. The molecule has 0 bridgehead atoms. The number of nitrogen functional groups attached to an aromatic ring is 1. The van der Waals surface area contributed by atoms with Crippen LogP contribution in [0.1, 0.15) is 11.1 Å². The van der Waals surface area contributed by atoms with Crippen molar-refractivity contribution in [1.29, 1.82) is 0 Å². The van der Waals surface area contributed by atoms with Crippen LogP contribution in [0.3, 0.4) is 0 Å². The van der Waals surface area contributed by atoms with E-state index >= 15 is 0 Å². The van der Waals surface area contributed by atoms with E-state index in [4.69, 9.17) is 31.9 Å². The predicted octanol–water partition coefficient (Wildman–Crippen LogP) is 0.653. The number of sulfonamides is 1. The van der Waals surface area contributed by atoms with E-state index in [2.05, 4.69) is 0 Å². The molecule has 0 heterocycles. The third kappa shape index (κ3) is 3.98. The van der Waals surface area contributed by atoms with Gasteiger partial charge in [-0.1, -0.05) is 11.6 Å². The lowest BCUT2D eigenvalue weighted by molar-refractivity contribution is 0.198. The molecule has 5 N–H and O–H groups in total. The second-order valence-corrected chi connectivity index (χ2v) is 6.27. The van der Waals surface area contributed by atoms with Crippen molar-refractivity contribution in [2.24, 2.45) is 5.14 Å². The van der Waals surface area contributed by atoms with Gasteiger partial charge in [0.1, 0.15) is 4.90 Å². The van der Waals surface area contributed by atoms with Gasteiger partial charge in [-0.05, 0) is 24.0 Å². The number of hydrogen-bond acceptors (Lipinski definition) is 6. The largest absolute Gasteiger partial charge is 0.504 e. The van der Waals surface area contributed by atoms with Gasteiger partial charge in [0.15, 0.2) is 5.75 Å². The lowest BCUT2D eigenvalue weighted by atomic mass is 9.99. The minimum atomic E-state index is -4.21. The average molecular weight is 339 g/mol. The molecule has 0 aliphatic rings. The number of benzene rings is 1. The molecule has 120 valence electrons. The third-order valence-corrected chi connectivity index (χ3v) is 4.52. The number of anilines is 1. The highest BCUT2D eigenvalue weighted by molar-refractivity contribution is 7.89. The number of phenolic OH excluding ortho intramolecular Hbond substituents is 1. The average Bonchev–Trinajstić information content (AvgIpc) is 2.38. The molecule has 1 rings (SSSR count). The van der Waals surface area contributed by atoms with E-state index < -0.39 is 20.7 Å². The van der Waals surface area contributed by atoms with Crippen LogP contribution in [0.5, 0.6) is 5.75 Å². The molecular formula is C12H19ClN2O5S. The van der Waals surface area contributed by atoms with Crippen LogP contribution in [0.2, 0.25) is 5.02 Å². The molecule has 0 aromatic heterocycles. The molecule has 0 fully saturated rings. The first-order valence-electron chi connectivity index (χ1n) is 6.08. The summed E-state index contributed by atoms with van der Waals surface area (Å²) in [7, 11) is -1.18. The van der Waals surface area contributed by atoms with Crippen LogP contribution in [-0.2, 0) is 32.3 Å². The van der Waals surface area contributed by atoms with Gasteiger partial charge < -0.3 is 20.3 Å². The molecule has 1 aromatic rings. The standard InChI is InChI=1S/C12H19ClN2O5S/c1-19-5-3-7-8(4-6-20-2)10(14)11(16)12(9(7)13)21(15,17)18/h16H,3-6,14H2,1-2H3,(H2,15,17,18). The number of rotatable bonds is 7. The van der Waals surface area contributed by atoms with Crippen molar-refractivity contribution in [3.63, 3.8) is 0 Å². The molecule has 0 radical (unpaired) electrons. The van der Waals surface area contributed by atoms with Crippen molar-refractivity contribution in [1.82, 2.24) is 0 Å². The van der Waals surface area contributed by atoms with Gasteiger partial charge in [0, 0.05) is 14.2 Å². The number of phenols is 1. The molecule has 0 aliphatic carbocycles. The minimum Gasteiger partial charge on any atom is -0.504 e. The van der Waals surface area contributed by atoms with E-state index in [-0.39, 0.29) is 10.7 Å². The Bertz CT molecular complexity index is 619. The fraction of sp³-hybridized carbons (Fsp3) is 0.500. The summed E-state index contributed by atoms with van der Waals surface area (Å²) >= 11 is 6.12. The number of halogens is 1. The zero-order valence-corrected chi connectivity index (χ0v) is 13.4. The fourth-order valence-corrected chi connectivity index (χ4v) is 3.39. The van der Waals surface area contributed by atoms with Crippen LogP contribution in [0, 0.1) is 0 Å². The molecule has 21 heavy (non-hydrogen) atoms. The summed E-state index contributed by atoms with van der Waals surface area (Å²) in [4.78, 5) is -0.561. The highest BCUT2D eigenvalue weighted by Crippen LogP contribution is 2.41. The summed E-state index contributed by atoms with van der Waals surface area (Å²) in [5.74, 6) is -0.630. The Morgan fingerprint density at radius 2 is 1.62 bits per heavy atom. The lowest BCUT2D eigenvalue weighted by Gasteiger charge is -2.18. The Kier molecular flexibility index (Phi) is 6.24. The van der Waals surface area contributed by atoms with E-state index in [1.54, 1.807) is 0 Å². The molecule has 0 atom stereocenters. The molecule has 0 saturated carbocycles. The van der Waals surface area contributed by atoms with Crippen molar-refractivity contribution >= 4 is 27.3 Å². The number of ether oxygens (including phenoxy) is 2. The Morgan fingerprint density at radius 3 is 2.05 bits per heavy atom. The number of primary sulfonamides is 1. The molecule has 7 nitrogen and oxygen atoms in total. The first-order valence-corrected chi connectivity index (χ1v) is 8.00. The number of nitrogens with two attached hydrogens (primary N) is 2. The molecule has 0 spiro atoms. The first kappa shape index (κ1) is 18.0. The number of hydrogen-bond donors (Lipinski definition) is 3. The molecule has 1 aromatic carbocycles. The minimum absolute atomic E-state index is 0.0634. The topological polar surface area (TPSA) is 125 Å². The van der Waals surface area contributed by atoms with Gasteiger partial charge in [0.2, 0.25) is 10.0 Å². The van der Waals surface area contributed by atoms with Crippen LogP contribution in [-0.4, -0.2) is 41.0 Å². The SMILES string of the molecule is COCCc1c(N)c(O)c(S(N)(=O)=O)c(Cl)c1CCOC. The van der Waals surface area contributed by atoms with Gasteiger partial charge in [-0.15, -0.1) is 0 Å². The molecule has 0 amide bonds. The monoisotopic (exact) mass is 338 g/mol. The summed E-state index contributed by atoms with van der Waals surface area (Å²) in [5, 5.41) is 15.0. The van der Waals surface area contributed by atoms with Crippen molar-refractivity contribution in [2.75, 3.05) is 33.2 Å². The summed E-state index contributed by atoms with van der Waals surface area (Å²) in [6.45, 7) is 0.655. The second kappa shape index (κ2) is 7.28. The van der Waals surface area contributed by atoms with Crippen LogP contribution >= 0.6 is 11.6 Å². The van der Waals surface area contributed by atoms with Crippen molar-refractivity contribution in [3.05, 3.63) is 16.1 Å². The van der Waals surface area contributed by atoms with Gasteiger partial charge in [-0.3, -0.25) is 0 Å². The summed E-state index contributed by atoms with van der Waals surface area (Å²) < 4.78 is 33.2. The molecule has 0 saturated heterocycles. The van der Waals surface area contributed by atoms with E-state index in [0.717, 1.165) is 0 Å². The van der Waals surface area contributed by atoms with E-state index in [1.165, 1.54) is 14.2 Å². The quantitative estimate of drug-likeness (QED) is 0.495. The molecule has 0 unspecified atom stereocenters. The molecule has 9 heteroatoms. The predicted molar refractivity (Wildman–Crippen MR) is 80.1 cm³/mol. The highest BCUT2D eigenvalue weighted by atomic mass is 35.5. The van der Waals surface area contributed by atoms with Crippen LogP contribution < -0.4 is 10.9 Å². The molecular weight excluding hydrogens is 320 g/mol. The zero-order chi connectivity index (χ0) is 16.2. The van der Waals surface area contributed by atoms with Crippen molar-refractivity contribution in [2.45, 2.75) is 17.7 Å². The van der Waals surface area contributed by atoms with E-state index in [9.17, 15) is 13.5 Å². The van der Waals surface area contributed by atoms with E-state index in [1.807, 2.05) is 0 Å². The third-order valence-electron chi connectivity index (χ3n) is 3.02. The Hall–Kier alpha value is -1.06. The highest BCUT2D eigenvalue weighted by Gasteiger charge is 2.27. The van der Waals surface area contributed by atoms with Crippen LogP contribution in [0.4, 0.5) is 5.69 Å². The smallest absolute Gasteiger partial charge is 0.243 e. The zero-order valence-electron chi connectivity index (χ0n) is 11.8. The van der Waals surface area contributed by atoms with Gasteiger partial charge in [-0.2, -0.15) is 0 Å². The lowest BCUT2D eigenvalue weighted by Crippen LogP contribution is -2.17. The summed E-state index contributed by atoms with van der Waals surface area (Å²) in [6.07, 6.45) is 0.709. The molecule has 0 aliphatic heterocycles. The van der Waals surface area contributed by atoms with Gasteiger partial charge in [0.25, 0.3) is 0 Å². The maximum atomic E-state index is 11.6. The Labute approximate surface area is 128 Å². The van der Waals surface area contributed by atoms with Gasteiger partial charge >= 0.3 is 0 Å². The maximum Gasteiger partial charge on any atom is 0.243 e. The fourth-order valence-electron chi connectivity index (χ4n) is 2.02. The van der Waals surface area contributed by atoms with Crippen LogP contribution in [0.25, 0.3) is 0 Å². The normalized spacial score (nSPS) is 11.8. The summed E-state index contributed by atoms with van der Waals surface area (Å²) in [6, 6.07) is 0. The van der Waals surface area contributed by atoms with Crippen molar-refractivity contribution < 1.29 is 23.0 Å². The first-order chi connectivity index (χ1) is 9.75. The summed E-state index contributed by atoms with van der Waals surface area (Å²) in [5.41, 5.74) is 6.79. The van der Waals surface area contributed by atoms with Crippen LogP contribution in [0.15, 0.2) is 4.90 Å². The Balaban J connectivity index is 3.58. The van der Waals surface area contributed by atoms with Crippen molar-refractivity contribution in [3.8, 4) is 5.75 Å². The van der Waals surface area contributed by atoms with E-state index in [0.29, 0.717) is 37.2 Å². The second-order valence-electron chi connectivity index (χ2n) is 4.39. The number of methoxy groups -OCH3 is 2. The Morgan fingerprint density at radius 1 is 1.14 bits per heavy atom. The van der Waals surface area contributed by atoms with Gasteiger partial charge in [0.05, 0.1) is 23.9 Å². The number of aromatic hydroxyl groups is 1. The van der Waals surface area contributed by atoms with Gasteiger partial charge in [-0.25, -0.2) is 13.6 Å².